The van der Waals surface area contributed by atoms with Crippen LogP contribution in [0.5, 0.6) is 0 Å². The van der Waals surface area contributed by atoms with E-state index in [1.54, 1.807) is 7.05 Å². The Morgan fingerprint density at radius 2 is 2.17 bits per heavy atom. The summed E-state index contributed by atoms with van der Waals surface area (Å²) in [6, 6.07) is 0.950. The SMILES string of the molecule is CN(CCC#N)C(=O)N1CCCCCC1C(=O)O. The summed E-state index contributed by atoms with van der Waals surface area (Å²) < 4.78 is 0. The van der Waals surface area contributed by atoms with E-state index in [-0.39, 0.29) is 12.5 Å². The van der Waals surface area contributed by atoms with Crippen molar-refractivity contribution >= 4 is 12.0 Å². The van der Waals surface area contributed by atoms with Gasteiger partial charge in [0.25, 0.3) is 0 Å². The number of carboxylic acids is 1. The van der Waals surface area contributed by atoms with Gasteiger partial charge in [-0.15, -0.1) is 0 Å². The molecule has 6 heteroatoms. The monoisotopic (exact) mass is 253 g/mol. The van der Waals surface area contributed by atoms with Gasteiger partial charge < -0.3 is 14.9 Å². The van der Waals surface area contributed by atoms with Gasteiger partial charge >= 0.3 is 12.0 Å². The zero-order chi connectivity index (χ0) is 13.5. The molecule has 0 spiro atoms. The molecule has 1 atom stereocenters. The van der Waals surface area contributed by atoms with Crippen molar-refractivity contribution in [2.75, 3.05) is 20.1 Å². The van der Waals surface area contributed by atoms with Crippen LogP contribution in [0.25, 0.3) is 0 Å². The molecule has 1 saturated heterocycles. The number of likely N-dealkylation sites (tertiary alicyclic amines) is 1. The van der Waals surface area contributed by atoms with E-state index in [9.17, 15) is 14.7 Å². The highest BCUT2D eigenvalue weighted by atomic mass is 16.4. The lowest BCUT2D eigenvalue weighted by Gasteiger charge is -2.31. The molecule has 100 valence electrons. The maximum atomic E-state index is 12.2. The van der Waals surface area contributed by atoms with Crippen LogP contribution in [0.1, 0.15) is 32.1 Å². The molecule has 2 amide bonds. The zero-order valence-electron chi connectivity index (χ0n) is 10.6. The molecule has 0 saturated carbocycles. The molecule has 0 aromatic carbocycles. The van der Waals surface area contributed by atoms with E-state index >= 15 is 0 Å². The Morgan fingerprint density at radius 3 is 2.78 bits per heavy atom. The van der Waals surface area contributed by atoms with E-state index in [1.165, 1.54) is 9.80 Å². The predicted octanol–water partition coefficient (Wildman–Crippen LogP) is 1.28. The summed E-state index contributed by atoms with van der Waals surface area (Å²) in [7, 11) is 1.60. The van der Waals surface area contributed by atoms with Crippen molar-refractivity contribution in [3.8, 4) is 6.07 Å². The molecular formula is C12H19N3O3. The fourth-order valence-corrected chi connectivity index (χ4v) is 2.13. The molecule has 1 aliphatic rings. The highest BCUT2D eigenvalue weighted by Gasteiger charge is 2.32. The van der Waals surface area contributed by atoms with E-state index in [2.05, 4.69) is 0 Å². The second-order valence-corrected chi connectivity index (χ2v) is 4.51. The first kappa shape index (κ1) is 14.3. The van der Waals surface area contributed by atoms with Crippen molar-refractivity contribution in [1.29, 1.82) is 5.26 Å². The summed E-state index contributed by atoms with van der Waals surface area (Å²) in [5, 5.41) is 17.7. The Bertz CT molecular complexity index is 351. The maximum absolute atomic E-state index is 12.2. The summed E-state index contributed by atoms with van der Waals surface area (Å²) in [5.74, 6) is -0.945. The van der Waals surface area contributed by atoms with E-state index < -0.39 is 12.0 Å². The van der Waals surface area contributed by atoms with E-state index in [4.69, 9.17) is 5.26 Å². The average molecular weight is 253 g/mol. The van der Waals surface area contributed by atoms with Gasteiger partial charge in [0.05, 0.1) is 12.5 Å². The number of carbonyl (C=O) groups is 2. The molecule has 0 radical (unpaired) electrons. The number of hydrogen-bond donors (Lipinski definition) is 1. The first-order chi connectivity index (χ1) is 8.57. The van der Waals surface area contributed by atoms with Crippen LogP contribution in [0, 0.1) is 11.3 Å². The number of aliphatic carboxylic acids is 1. The molecular weight excluding hydrogens is 234 g/mol. The zero-order valence-corrected chi connectivity index (χ0v) is 10.6. The van der Waals surface area contributed by atoms with Crippen LogP contribution in [0.3, 0.4) is 0 Å². The Labute approximate surface area is 107 Å². The maximum Gasteiger partial charge on any atom is 0.326 e. The summed E-state index contributed by atoms with van der Waals surface area (Å²) in [5.41, 5.74) is 0. The third-order valence-electron chi connectivity index (χ3n) is 3.17. The van der Waals surface area contributed by atoms with Crippen molar-refractivity contribution in [3.63, 3.8) is 0 Å². The number of amides is 2. The summed E-state index contributed by atoms with van der Waals surface area (Å²) in [6.45, 7) is 0.810. The van der Waals surface area contributed by atoms with Gasteiger partial charge in [0, 0.05) is 20.1 Å². The Hall–Kier alpha value is -1.77. The largest absolute Gasteiger partial charge is 0.480 e. The minimum atomic E-state index is -0.945. The second-order valence-electron chi connectivity index (χ2n) is 4.51. The van der Waals surface area contributed by atoms with E-state index in [1.807, 2.05) is 6.07 Å². The van der Waals surface area contributed by atoms with Crippen LogP contribution in [0.4, 0.5) is 4.79 Å². The topological polar surface area (TPSA) is 84.6 Å². The van der Waals surface area contributed by atoms with E-state index in [0.717, 1.165) is 19.3 Å². The van der Waals surface area contributed by atoms with Gasteiger partial charge in [-0.1, -0.05) is 12.8 Å². The van der Waals surface area contributed by atoms with Gasteiger partial charge in [0.15, 0.2) is 0 Å². The third kappa shape index (κ3) is 3.62. The molecule has 1 rings (SSSR count). The van der Waals surface area contributed by atoms with Gasteiger partial charge in [-0.3, -0.25) is 0 Å². The third-order valence-corrected chi connectivity index (χ3v) is 3.17. The number of nitrogens with zero attached hydrogens (tertiary/aromatic N) is 3. The fourth-order valence-electron chi connectivity index (χ4n) is 2.13. The Kier molecular flexibility index (Phi) is 5.43. The van der Waals surface area contributed by atoms with Gasteiger partial charge in [-0.25, -0.2) is 9.59 Å². The van der Waals surface area contributed by atoms with Gasteiger partial charge in [0.1, 0.15) is 6.04 Å². The van der Waals surface area contributed by atoms with E-state index in [0.29, 0.717) is 19.5 Å². The summed E-state index contributed by atoms with van der Waals surface area (Å²) in [6.07, 6.45) is 3.39. The van der Waals surface area contributed by atoms with Crippen LogP contribution < -0.4 is 0 Å². The lowest BCUT2D eigenvalue weighted by atomic mass is 10.1. The molecule has 0 aromatic rings. The highest BCUT2D eigenvalue weighted by Crippen LogP contribution is 2.18. The first-order valence-electron chi connectivity index (χ1n) is 6.19. The molecule has 1 aliphatic heterocycles. The quantitative estimate of drug-likeness (QED) is 0.821. The standard InChI is InChI=1S/C12H19N3O3/c1-14(8-5-7-13)12(18)15-9-4-2-3-6-10(15)11(16)17/h10H,2-6,8-9H2,1H3,(H,16,17). The van der Waals surface area contributed by atoms with Crippen molar-refractivity contribution < 1.29 is 14.7 Å². The van der Waals surface area contributed by atoms with Crippen molar-refractivity contribution in [2.45, 2.75) is 38.1 Å². The smallest absolute Gasteiger partial charge is 0.326 e. The molecule has 1 fully saturated rings. The summed E-state index contributed by atoms with van der Waals surface area (Å²) in [4.78, 5) is 26.2. The van der Waals surface area contributed by atoms with Gasteiger partial charge in [-0.2, -0.15) is 5.26 Å². The van der Waals surface area contributed by atoms with Gasteiger partial charge in [-0.05, 0) is 12.8 Å². The highest BCUT2D eigenvalue weighted by molar-refractivity contribution is 5.82. The minimum Gasteiger partial charge on any atom is -0.480 e. The van der Waals surface area contributed by atoms with Crippen LogP contribution in [0.2, 0.25) is 0 Å². The van der Waals surface area contributed by atoms with Crippen molar-refractivity contribution in [3.05, 3.63) is 0 Å². The number of carboxylic acid groups (broad SMARTS) is 1. The molecule has 6 nitrogen and oxygen atoms in total. The van der Waals surface area contributed by atoms with Gasteiger partial charge in [0.2, 0.25) is 0 Å². The Balaban J connectivity index is 2.72. The number of rotatable bonds is 3. The fraction of sp³-hybridized carbons (Fsp3) is 0.750. The van der Waals surface area contributed by atoms with Crippen LogP contribution in [-0.4, -0.2) is 53.1 Å². The predicted molar refractivity (Wildman–Crippen MR) is 64.9 cm³/mol. The minimum absolute atomic E-state index is 0.258. The molecule has 0 aromatic heterocycles. The average Bonchev–Trinajstić information content (AvgIpc) is 2.60. The lowest BCUT2D eigenvalue weighted by molar-refractivity contribution is -0.142. The van der Waals surface area contributed by atoms with Crippen LogP contribution >= 0.6 is 0 Å². The molecule has 1 heterocycles. The first-order valence-corrected chi connectivity index (χ1v) is 6.19. The normalized spacial score (nSPS) is 19.8. The number of nitriles is 1. The molecule has 0 bridgehead atoms. The lowest BCUT2D eigenvalue weighted by Crippen LogP contribution is -2.49. The van der Waals surface area contributed by atoms with Crippen LogP contribution in [-0.2, 0) is 4.79 Å². The number of urea groups is 1. The van der Waals surface area contributed by atoms with Crippen molar-refractivity contribution in [1.82, 2.24) is 9.80 Å². The molecule has 0 aliphatic carbocycles. The number of carbonyl (C=O) groups excluding carboxylic acids is 1. The summed E-state index contributed by atoms with van der Waals surface area (Å²) >= 11 is 0. The Morgan fingerprint density at radius 1 is 1.44 bits per heavy atom. The number of hydrogen-bond acceptors (Lipinski definition) is 3. The van der Waals surface area contributed by atoms with Crippen molar-refractivity contribution in [2.24, 2.45) is 0 Å². The molecule has 1 N–H and O–H groups in total. The second kappa shape index (κ2) is 6.84. The molecule has 1 unspecified atom stereocenters. The molecule has 18 heavy (non-hydrogen) atoms. The van der Waals surface area contributed by atoms with Crippen LogP contribution in [0.15, 0.2) is 0 Å².